The van der Waals surface area contributed by atoms with Crippen LogP contribution in [0.5, 0.6) is 11.5 Å². The number of hydrogen-bond donors (Lipinski definition) is 1. The molecular weight excluding hydrogens is 508 g/mol. The van der Waals surface area contributed by atoms with Gasteiger partial charge in [-0.1, -0.05) is 23.7 Å². The molecule has 1 aliphatic rings. The standard InChI is InChI=1S/C25H25ClN2O7S/c1-5-34-22(30)13-35-23-17(26)9-16(10-19(23)33-4)11-20-24(31)28(25(32)36-20)12-21(29)27-18-8-14(2)6-7-15(18)3/h6-11H,5,12-13H2,1-4H3,(H,27,29)/b20-11-. The van der Waals surface area contributed by atoms with Gasteiger partial charge in [0.15, 0.2) is 18.1 Å². The number of imide groups is 1. The molecule has 1 N–H and O–H groups in total. The van der Waals surface area contributed by atoms with Gasteiger partial charge < -0.3 is 19.5 Å². The van der Waals surface area contributed by atoms with Crippen LogP contribution in [0, 0.1) is 13.8 Å². The predicted molar refractivity (Wildman–Crippen MR) is 137 cm³/mol. The number of benzene rings is 2. The fourth-order valence-corrected chi connectivity index (χ4v) is 4.40. The van der Waals surface area contributed by atoms with Gasteiger partial charge in [-0.05, 0) is 73.5 Å². The number of thioether (sulfide) groups is 1. The number of carbonyl (C=O) groups is 4. The lowest BCUT2D eigenvalue weighted by Gasteiger charge is -2.14. The molecule has 0 unspecified atom stereocenters. The monoisotopic (exact) mass is 532 g/mol. The van der Waals surface area contributed by atoms with Gasteiger partial charge in [-0.25, -0.2) is 4.79 Å². The zero-order valence-corrected chi connectivity index (χ0v) is 21.7. The van der Waals surface area contributed by atoms with E-state index in [0.29, 0.717) is 23.0 Å². The summed E-state index contributed by atoms with van der Waals surface area (Å²) >= 11 is 7.03. The molecular formula is C25H25ClN2O7S. The van der Waals surface area contributed by atoms with Crippen LogP contribution < -0.4 is 14.8 Å². The third-order valence-electron chi connectivity index (χ3n) is 5.03. The summed E-state index contributed by atoms with van der Waals surface area (Å²) in [5, 5.41) is 2.32. The molecule has 36 heavy (non-hydrogen) atoms. The number of amides is 3. The van der Waals surface area contributed by atoms with Crippen LogP contribution in [0.4, 0.5) is 10.5 Å². The quantitative estimate of drug-likeness (QED) is 0.369. The molecule has 2 aromatic rings. The van der Waals surface area contributed by atoms with E-state index in [1.54, 1.807) is 13.0 Å². The highest BCUT2D eigenvalue weighted by Gasteiger charge is 2.36. The van der Waals surface area contributed by atoms with Crippen molar-refractivity contribution in [3.05, 3.63) is 56.9 Å². The number of esters is 1. The number of carbonyl (C=O) groups excluding carboxylic acids is 4. The van der Waals surface area contributed by atoms with Crippen molar-refractivity contribution in [3.63, 3.8) is 0 Å². The van der Waals surface area contributed by atoms with E-state index in [1.165, 1.54) is 19.3 Å². The number of aryl methyl sites for hydroxylation is 2. The zero-order chi connectivity index (χ0) is 26.4. The predicted octanol–water partition coefficient (Wildman–Crippen LogP) is 4.58. The van der Waals surface area contributed by atoms with Crippen LogP contribution in [-0.4, -0.2) is 54.8 Å². The Morgan fingerprint density at radius 1 is 1.17 bits per heavy atom. The number of hydrogen-bond acceptors (Lipinski definition) is 8. The van der Waals surface area contributed by atoms with E-state index in [0.717, 1.165) is 16.0 Å². The number of nitrogens with zero attached hydrogens (tertiary/aromatic N) is 1. The van der Waals surface area contributed by atoms with Crippen molar-refractivity contribution in [2.45, 2.75) is 20.8 Å². The minimum absolute atomic E-state index is 0.123. The molecule has 1 fully saturated rings. The molecule has 0 aliphatic carbocycles. The first-order valence-corrected chi connectivity index (χ1v) is 12.1. The molecule has 11 heteroatoms. The van der Waals surface area contributed by atoms with Gasteiger partial charge in [0.25, 0.3) is 11.1 Å². The van der Waals surface area contributed by atoms with Crippen molar-refractivity contribution in [2.24, 2.45) is 0 Å². The topological polar surface area (TPSA) is 111 Å². The summed E-state index contributed by atoms with van der Waals surface area (Å²) in [6, 6.07) is 8.67. The third kappa shape index (κ3) is 6.58. The van der Waals surface area contributed by atoms with Crippen LogP contribution in [-0.2, 0) is 19.1 Å². The van der Waals surface area contributed by atoms with Crippen molar-refractivity contribution in [1.82, 2.24) is 4.90 Å². The maximum absolute atomic E-state index is 12.9. The number of ether oxygens (including phenoxy) is 3. The molecule has 0 spiro atoms. The summed E-state index contributed by atoms with van der Waals surface area (Å²) < 4.78 is 15.6. The molecule has 1 saturated heterocycles. The first-order valence-electron chi connectivity index (χ1n) is 10.9. The van der Waals surface area contributed by atoms with E-state index >= 15 is 0 Å². The Kier molecular flexibility index (Phi) is 9.00. The average Bonchev–Trinajstić information content (AvgIpc) is 3.07. The van der Waals surface area contributed by atoms with Crippen LogP contribution in [0.15, 0.2) is 35.2 Å². The Morgan fingerprint density at radius 3 is 2.61 bits per heavy atom. The highest BCUT2D eigenvalue weighted by atomic mass is 35.5. The largest absolute Gasteiger partial charge is 0.493 e. The highest BCUT2D eigenvalue weighted by Crippen LogP contribution is 2.39. The van der Waals surface area contributed by atoms with E-state index in [9.17, 15) is 19.2 Å². The number of nitrogens with one attached hydrogen (secondary N) is 1. The molecule has 190 valence electrons. The smallest absolute Gasteiger partial charge is 0.344 e. The summed E-state index contributed by atoms with van der Waals surface area (Å²) in [7, 11) is 1.40. The van der Waals surface area contributed by atoms with Crippen LogP contribution in [0.25, 0.3) is 6.08 Å². The van der Waals surface area contributed by atoms with Crippen molar-refractivity contribution in [3.8, 4) is 11.5 Å². The zero-order valence-electron chi connectivity index (χ0n) is 20.2. The lowest BCUT2D eigenvalue weighted by molar-refractivity contribution is -0.145. The van der Waals surface area contributed by atoms with Crippen LogP contribution >= 0.6 is 23.4 Å². The van der Waals surface area contributed by atoms with E-state index in [4.69, 9.17) is 25.8 Å². The molecule has 0 saturated carbocycles. The summed E-state index contributed by atoms with van der Waals surface area (Å²) in [5.41, 5.74) is 2.92. The van der Waals surface area contributed by atoms with Gasteiger partial charge in [-0.3, -0.25) is 19.3 Å². The molecule has 1 heterocycles. The van der Waals surface area contributed by atoms with Gasteiger partial charge >= 0.3 is 5.97 Å². The summed E-state index contributed by atoms with van der Waals surface area (Å²) in [6.45, 7) is 4.88. The number of anilines is 1. The second kappa shape index (κ2) is 12.0. The first kappa shape index (κ1) is 27.1. The van der Waals surface area contributed by atoms with Crippen LogP contribution in [0.2, 0.25) is 5.02 Å². The lowest BCUT2D eigenvalue weighted by Crippen LogP contribution is -2.36. The Bertz CT molecular complexity index is 1250. The first-order chi connectivity index (χ1) is 17.1. The average molecular weight is 533 g/mol. The Balaban J connectivity index is 1.74. The molecule has 0 radical (unpaired) electrons. The number of methoxy groups -OCH3 is 1. The Hall–Kier alpha value is -3.50. The van der Waals surface area contributed by atoms with E-state index in [2.05, 4.69) is 5.32 Å². The molecule has 3 amide bonds. The van der Waals surface area contributed by atoms with Crippen molar-refractivity contribution in [1.29, 1.82) is 0 Å². The molecule has 2 aromatic carbocycles. The second-order valence-electron chi connectivity index (χ2n) is 7.76. The number of rotatable bonds is 9. The highest BCUT2D eigenvalue weighted by molar-refractivity contribution is 8.18. The Morgan fingerprint density at radius 2 is 1.92 bits per heavy atom. The van der Waals surface area contributed by atoms with Gasteiger partial charge in [-0.2, -0.15) is 0 Å². The van der Waals surface area contributed by atoms with Crippen LogP contribution in [0.3, 0.4) is 0 Å². The molecule has 0 aromatic heterocycles. The molecule has 3 rings (SSSR count). The summed E-state index contributed by atoms with van der Waals surface area (Å²) in [6.07, 6.45) is 1.47. The maximum atomic E-state index is 12.9. The van der Waals surface area contributed by atoms with E-state index < -0.39 is 29.6 Å². The van der Waals surface area contributed by atoms with Crippen molar-refractivity contribution < 1.29 is 33.4 Å². The van der Waals surface area contributed by atoms with Gasteiger partial charge in [-0.15, -0.1) is 0 Å². The fraction of sp³-hybridized carbons (Fsp3) is 0.280. The SMILES string of the molecule is CCOC(=O)COc1c(Cl)cc(/C=C2\SC(=O)N(CC(=O)Nc3cc(C)ccc3C)C2=O)cc1OC. The van der Waals surface area contributed by atoms with Gasteiger partial charge in [0.1, 0.15) is 6.54 Å². The fourth-order valence-electron chi connectivity index (χ4n) is 3.29. The molecule has 9 nitrogen and oxygen atoms in total. The molecule has 0 bridgehead atoms. The Labute approximate surface area is 217 Å². The normalized spacial score (nSPS) is 14.2. The van der Waals surface area contributed by atoms with E-state index in [1.807, 2.05) is 32.0 Å². The van der Waals surface area contributed by atoms with E-state index in [-0.39, 0.29) is 34.6 Å². The van der Waals surface area contributed by atoms with Gasteiger partial charge in [0.2, 0.25) is 5.91 Å². The van der Waals surface area contributed by atoms with Crippen molar-refractivity contribution >= 4 is 58.1 Å². The molecule has 0 atom stereocenters. The minimum atomic E-state index is -0.598. The van der Waals surface area contributed by atoms with Gasteiger partial charge in [0.05, 0.1) is 23.6 Å². The third-order valence-corrected chi connectivity index (χ3v) is 6.22. The van der Waals surface area contributed by atoms with Gasteiger partial charge in [0, 0.05) is 5.69 Å². The van der Waals surface area contributed by atoms with Crippen molar-refractivity contribution in [2.75, 3.05) is 32.2 Å². The molecule has 1 aliphatic heterocycles. The minimum Gasteiger partial charge on any atom is -0.493 e. The maximum Gasteiger partial charge on any atom is 0.344 e. The number of halogens is 1. The summed E-state index contributed by atoms with van der Waals surface area (Å²) in [5.74, 6) is -1.28. The van der Waals surface area contributed by atoms with Crippen LogP contribution in [0.1, 0.15) is 23.6 Å². The lowest BCUT2D eigenvalue weighted by atomic mass is 10.1. The summed E-state index contributed by atoms with van der Waals surface area (Å²) in [4.78, 5) is 50.5. The second-order valence-corrected chi connectivity index (χ2v) is 9.16.